The fourth-order valence-electron chi connectivity index (χ4n) is 1.95. The summed E-state index contributed by atoms with van der Waals surface area (Å²) in [4.78, 5) is 21.5. The molecule has 0 aromatic heterocycles. The molecule has 0 unspecified atom stereocenters. The van der Waals surface area contributed by atoms with Crippen molar-refractivity contribution in [2.75, 3.05) is 6.61 Å². The van der Waals surface area contributed by atoms with Gasteiger partial charge in [0.15, 0.2) is 0 Å². The highest BCUT2D eigenvalue weighted by Gasteiger charge is 2.11. The summed E-state index contributed by atoms with van der Waals surface area (Å²) >= 11 is 0. The van der Waals surface area contributed by atoms with Crippen LogP contribution in [0.4, 0.5) is 0 Å². The van der Waals surface area contributed by atoms with Gasteiger partial charge in [-0.2, -0.15) is 4.89 Å². The third-order valence-electron chi connectivity index (χ3n) is 3.07. The minimum Gasteiger partial charge on any atom is -0.293 e. The van der Waals surface area contributed by atoms with Crippen molar-refractivity contribution in [3.8, 4) is 0 Å². The minimum absolute atomic E-state index is 0.411. The van der Waals surface area contributed by atoms with Crippen LogP contribution in [0.5, 0.6) is 0 Å². The molecule has 0 aliphatic rings. The first-order chi connectivity index (χ1) is 9.15. The largest absolute Gasteiger partial charge is 0.373 e. The van der Waals surface area contributed by atoms with Gasteiger partial charge >= 0.3 is 5.97 Å². The number of carbonyl (C=O) groups is 1. The van der Waals surface area contributed by atoms with Gasteiger partial charge in [0.05, 0.1) is 12.2 Å². The van der Waals surface area contributed by atoms with Gasteiger partial charge in [-0.25, -0.2) is 4.79 Å². The molecule has 19 heavy (non-hydrogen) atoms. The molecule has 0 saturated carbocycles. The normalized spacial score (nSPS) is 10.5. The number of hydrogen-bond donors (Lipinski definition) is 0. The maximum atomic E-state index is 11.8. The topological polar surface area (TPSA) is 35.5 Å². The minimum atomic E-state index is -0.411. The second-order valence-corrected chi connectivity index (χ2v) is 4.93. The molecular formula is C16H24O3. The first kappa shape index (κ1) is 15.7. The van der Waals surface area contributed by atoms with Gasteiger partial charge < -0.3 is 0 Å². The number of unbranched alkanes of at least 4 members (excludes halogenated alkanes) is 4. The standard InChI is InChI=1S/C16H24O3/c1-4-5-6-7-8-11-18-19-16(17)15-10-9-13(2)12-14(15)3/h9-10,12H,4-8,11H2,1-3H3. The summed E-state index contributed by atoms with van der Waals surface area (Å²) in [6.07, 6.45) is 5.74. The van der Waals surface area contributed by atoms with E-state index in [-0.39, 0.29) is 0 Å². The van der Waals surface area contributed by atoms with Gasteiger partial charge in [-0.15, -0.1) is 0 Å². The van der Waals surface area contributed by atoms with Crippen molar-refractivity contribution in [3.63, 3.8) is 0 Å². The highest BCUT2D eigenvalue weighted by atomic mass is 17.2. The van der Waals surface area contributed by atoms with E-state index in [1.165, 1.54) is 19.3 Å². The lowest BCUT2D eigenvalue weighted by Crippen LogP contribution is -2.08. The van der Waals surface area contributed by atoms with E-state index in [0.717, 1.165) is 24.0 Å². The zero-order valence-corrected chi connectivity index (χ0v) is 12.2. The van der Waals surface area contributed by atoms with E-state index in [0.29, 0.717) is 12.2 Å². The number of hydrogen-bond acceptors (Lipinski definition) is 3. The van der Waals surface area contributed by atoms with Crippen molar-refractivity contribution < 1.29 is 14.6 Å². The van der Waals surface area contributed by atoms with Gasteiger partial charge in [0.2, 0.25) is 0 Å². The van der Waals surface area contributed by atoms with Gasteiger partial charge in [-0.05, 0) is 31.9 Å². The van der Waals surface area contributed by atoms with Crippen LogP contribution >= 0.6 is 0 Å². The van der Waals surface area contributed by atoms with Crippen LogP contribution in [-0.2, 0) is 9.78 Å². The molecule has 0 aliphatic heterocycles. The van der Waals surface area contributed by atoms with Gasteiger partial charge in [-0.3, -0.25) is 4.89 Å². The van der Waals surface area contributed by atoms with E-state index >= 15 is 0 Å². The van der Waals surface area contributed by atoms with Crippen molar-refractivity contribution in [3.05, 3.63) is 34.9 Å². The van der Waals surface area contributed by atoms with Crippen molar-refractivity contribution in [2.24, 2.45) is 0 Å². The Bertz CT molecular complexity index is 399. The summed E-state index contributed by atoms with van der Waals surface area (Å²) in [5, 5.41) is 0. The Morgan fingerprint density at radius 3 is 2.53 bits per heavy atom. The summed E-state index contributed by atoms with van der Waals surface area (Å²) in [6.45, 7) is 6.55. The third-order valence-corrected chi connectivity index (χ3v) is 3.07. The van der Waals surface area contributed by atoms with E-state index in [2.05, 4.69) is 6.92 Å². The van der Waals surface area contributed by atoms with Crippen LogP contribution < -0.4 is 0 Å². The van der Waals surface area contributed by atoms with Gasteiger partial charge in [0.25, 0.3) is 0 Å². The highest BCUT2D eigenvalue weighted by molar-refractivity contribution is 5.90. The summed E-state index contributed by atoms with van der Waals surface area (Å²) in [5.74, 6) is -0.411. The van der Waals surface area contributed by atoms with Gasteiger partial charge in [0, 0.05) is 0 Å². The zero-order chi connectivity index (χ0) is 14.1. The predicted molar refractivity (Wildman–Crippen MR) is 76.0 cm³/mol. The Morgan fingerprint density at radius 2 is 1.84 bits per heavy atom. The van der Waals surface area contributed by atoms with Crippen molar-refractivity contribution in [1.82, 2.24) is 0 Å². The van der Waals surface area contributed by atoms with Crippen molar-refractivity contribution in [1.29, 1.82) is 0 Å². The SMILES string of the molecule is CCCCCCCOOC(=O)c1ccc(C)cc1C. The summed E-state index contributed by atoms with van der Waals surface area (Å²) in [6, 6.07) is 5.63. The number of rotatable bonds is 8. The summed E-state index contributed by atoms with van der Waals surface area (Å²) in [7, 11) is 0. The Balaban J connectivity index is 2.24. The first-order valence-corrected chi connectivity index (χ1v) is 7.06. The molecule has 3 nitrogen and oxygen atoms in total. The lowest BCUT2D eigenvalue weighted by Gasteiger charge is -2.06. The maximum Gasteiger partial charge on any atom is 0.373 e. The summed E-state index contributed by atoms with van der Waals surface area (Å²) in [5.41, 5.74) is 2.61. The van der Waals surface area contributed by atoms with Crippen LogP contribution in [0.2, 0.25) is 0 Å². The maximum absolute atomic E-state index is 11.8. The molecule has 0 heterocycles. The van der Waals surface area contributed by atoms with Crippen LogP contribution in [-0.4, -0.2) is 12.6 Å². The fourth-order valence-corrected chi connectivity index (χ4v) is 1.95. The molecule has 1 rings (SSSR count). The fraction of sp³-hybridized carbons (Fsp3) is 0.562. The second-order valence-electron chi connectivity index (χ2n) is 4.93. The van der Waals surface area contributed by atoms with Gasteiger partial charge in [-0.1, -0.05) is 50.3 Å². The van der Waals surface area contributed by atoms with Crippen molar-refractivity contribution >= 4 is 5.97 Å². The summed E-state index contributed by atoms with van der Waals surface area (Å²) < 4.78 is 0. The van der Waals surface area contributed by atoms with E-state index in [1.807, 2.05) is 26.0 Å². The van der Waals surface area contributed by atoms with Crippen LogP contribution in [0.15, 0.2) is 18.2 Å². The lowest BCUT2D eigenvalue weighted by molar-refractivity contribution is -0.241. The monoisotopic (exact) mass is 264 g/mol. The molecule has 3 heteroatoms. The van der Waals surface area contributed by atoms with Crippen LogP contribution in [0.1, 0.15) is 60.5 Å². The lowest BCUT2D eigenvalue weighted by atomic mass is 10.1. The molecule has 106 valence electrons. The van der Waals surface area contributed by atoms with E-state index in [1.54, 1.807) is 6.07 Å². The molecule has 0 fully saturated rings. The Kier molecular flexibility index (Phi) is 7.19. The quantitative estimate of drug-likeness (QED) is 0.397. The number of benzene rings is 1. The number of carbonyl (C=O) groups excluding carboxylic acids is 1. The first-order valence-electron chi connectivity index (χ1n) is 7.06. The molecule has 0 saturated heterocycles. The number of aryl methyl sites for hydroxylation is 2. The molecule has 0 atom stereocenters. The van der Waals surface area contributed by atoms with E-state index in [9.17, 15) is 4.79 Å². The molecule has 0 spiro atoms. The zero-order valence-electron chi connectivity index (χ0n) is 12.2. The van der Waals surface area contributed by atoms with E-state index in [4.69, 9.17) is 9.78 Å². The molecule has 0 bridgehead atoms. The Morgan fingerprint density at radius 1 is 1.11 bits per heavy atom. The second kappa shape index (κ2) is 8.70. The molecule has 1 aromatic rings. The van der Waals surface area contributed by atoms with Crippen LogP contribution in [0.25, 0.3) is 0 Å². The average Bonchev–Trinajstić information content (AvgIpc) is 2.37. The molecular weight excluding hydrogens is 240 g/mol. The molecule has 0 aliphatic carbocycles. The van der Waals surface area contributed by atoms with Crippen LogP contribution in [0.3, 0.4) is 0 Å². The Hall–Kier alpha value is -1.35. The Labute approximate surface area is 115 Å². The predicted octanol–water partition coefficient (Wildman–Crippen LogP) is 4.36. The third kappa shape index (κ3) is 5.88. The highest BCUT2D eigenvalue weighted by Crippen LogP contribution is 2.12. The molecule has 0 N–H and O–H groups in total. The molecule has 1 aromatic carbocycles. The molecule has 0 amide bonds. The smallest absolute Gasteiger partial charge is 0.293 e. The van der Waals surface area contributed by atoms with E-state index < -0.39 is 5.97 Å². The van der Waals surface area contributed by atoms with Crippen LogP contribution in [0, 0.1) is 13.8 Å². The van der Waals surface area contributed by atoms with Gasteiger partial charge in [0.1, 0.15) is 0 Å². The average molecular weight is 264 g/mol. The molecule has 0 radical (unpaired) electrons. The van der Waals surface area contributed by atoms with Crippen molar-refractivity contribution in [2.45, 2.75) is 52.9 Å².